The summed E-state index contributed by atoms with van der Waals surface area (Å²) in [5, 5.41) is 8.17. The first-order valence-corrected chi connectivity index (χ1v) is 21.8. The Morgan fingerprint density at radius 2 is 0.828 bits per heavy atom. The van der Waals surface area contributed by atoms with Gasteiger partial charge in [-0.1, -0.05) is 182 Å². The maximum atomic E-state index is 5.51. The monoisotopic (exact) mass is 814 g/mol. The zero-order valence-corrected chi connectivity index (χ0v) is 34.7. The molecule has 3 aromatic heterocycles. The van der Waals surface area contributed by atoms with E-state index in [9.17, 15) is 0 Å². The van der Waals surface area contributed by atoms with E-state index in [4.69, 9.17) is 9.97 Å². The Kier molecular flexibility index (Phi) is 8.18. The molecule has 3 heterocycles. The van der Waals surface area contributed by atoms with E-state index >= 15 is 0 Å². The van der Waals surface area contributed by atoms with Crippen LogP contribution >= 0.6 is 0 Å². The molecule has 0 saturated carbocycles. The Bertz CT molecular complexity index is 3880. The number of hydrogen-bond donors (Lipinski definition) is 0. The highest BCUT2D eigenvalue weighted by Crippen LogP contribution is 2.45. The predicted molar refractivity (Wildman–Crippen MR) is 267 cm³/mol. The number of benzene rings is 10. The summed E-state index contributed by atoms with van der Waals surface area (Å²) in [6.07, 6.45) is 0. The fourth-order valence-corrected chi connectivity index (χ4v) is 10.0. The van der Waals surface area contributed by atoms with Crippen molar-refractivity contribution in [3.63, 3.8) is 0 Å². The summed E-state index contributed by atoms with van der Waals surface area (Å²) < 4.78 is 4.77. The molecule has 0 radical (unpaired) electrons. The Morgan fingerprint density at radius 3 is 1.55 bits per heavy atom. The molecule has 0 N–H and O–H groups in total. The molecule has 0 saturated heterocycles. The maximum absolute atomic E-state index is 5.51. The van der Waals surface area contributed by atoms with Gasteiger partial charge < -0.3 is 4.57 Å². The van der Waals surface area contributed by atoms with Crippen LogP contribution in [-0.2, 0) is 0 Å². The lowest BCUT2D eigenvalue weighted by molar-refractivity contribution is 1.01. The van der Waals surface area contributed by atoms with Crippen LogP contribution in [0.4, 0.5) is 0 Å². The first-order chi connectivity index (χ1) is 31.7. The van der Waals surface area contributed by atoms with Gasteiger partial charge in [0.2, 0.25) is 5.95 Å². The molecule has 4 heteroatoms. The van der Waals surface area contributed by atoms with Gasteiger partial charge in [0.25, 0.3) is 0 Å². The number of rotatable bonds is 6. The molecule has 13 aromatic rings. The molecule has 0 fully saturated rings. The van der Waals surface area contributed by atoms with Crippen LogP contribution in [0.3, 0.4) is 0 Å². The summed E-state index contributed by atoms with van der Waals surface area (Å²) in [6, 6.07) is 82.8. The lowest BCUT2D eigenvalue weighted by Crippen LogP contribution is -2.03. The molecule has 0 spiro atoms. The zero-order chi connectivity index (χ0) is 42.1. The van der Waals surface area contributed by atoms with Crippen molar-refractivity contribution in [2.45, 2.75) is 0 Å². The van der Waals surface area contributed by atoms with Crippen molar-refractivity contribution in [3.05, 3.63) is 231 Å². The smallest absolute Gasteiger partial charge is 0.235 e. The molecule has 4 nitrogen and oxygen atoms in total. The van der Waals surface area contributed by atoms with Crippen LogP contribution in [0.15, 0.2) is 231 Å². The fourth-order valence-electron chi connectivity index (χ4n) is 10.0. The topological polar surface area (TPSA) is 35.6 Å². The van der Waals surface area contributed by atoms with Crippen molar-refractivity contribution in [1.29, 1.82) is 0 Å². The molecule has 0 unspecified atom stereocenters. The third-order valence-corrected chi connectivity index (χ3v) is 12.9. The summed E-state index contributed by atoms with van der Waals surface area (Å²) in [7, 11) is 0. The molecule has 0 amide bonds. The normalized spacial score (nSPS) is 11.8. The number of nitrogens with zero attached hydrogens (tertiary/aromatic N) is 4. The maximum Gasteiger partial charge on any atom is 0.235 e. The van der Waals surface area contributed by atoms with Gasteiger partial charge in [-0.25, -0.2) is 9.97 Å². The van der Waals surface area contributed by atoms with Crippen molar-refractivity contribution in [3.8, 4) is 56.3 Å². The predicted octanol–water partition coefficient (Wildman–Crippen LogP) is 15.6. The lowest BCUT2D eigenvalue weighted by Gasteiger charge is -2.15. The summed E-state index contributed by atoms with van der Waals surface area (Å²) in [6.45, 7) is 0. The van der Waals surface area contributed by atoms with Crippen LogP contribution in [0.2, 0.25) is 0 Å². The average molecular weight is 815 g/mol. The van der Waals surface area contributed by atoms with Crippen LogP contribution in [-0.4, -0.2) is 19.1 Å². The number of para-hydroxylation sites is 2. The summed E-state index contributed by atoms with van der Waals surface area (Å²) >= 11 is 0. The Morgan fingerprint density at radius 1 is 0.297 bits per heavy atom. The van der Waals surface area contributed by atoms with E-state index in [0.29, 0.717) is 5.95 Å². The highest BCUT2D eigenvalue weighted by Gasteiger charge is 2.24. The second-order valence-corrected chi connectivity index (χ2v) is 16.6. The molecule has 0 aliphatic carbocycles. The minimum absolute atomic E-state index is 0.640. The minimum Gasteiger partial charge on any atom is -0.309 e. The van der Waals surface area contributed by atoms with Gasteiger partial charge in [-0.3, -0.25) is 4.57 Å². The van der Waals surface area contributed by atoms with Crippen LogP contribution in [0, 0.1) is 0 Å². The molecule has 10 aromatic carbocycles. The van der Waals surface area contributed by atoms with E-state index < -0.39 is 0 Å². The van der Waals surface area contributed by atoms with Gasteiger partial charge in [-0.15, -0.1) is 0 Å². The van der Waals surface area contributed by atoms with Crippen LogP contribution in [0.1, 0.15) is 0 Å². The SMILES string of the molecule is c1ccc(-c2cccc(-c3nc(-n4c5ccccc5c5c6c7ccc8ccccc8c7n(-c7cc(-c8ccccc8)cc(-c8ccccc8)c7)c6ccc54)nc4ccccc34)c2)cc1. The van der Waals surface area contributed by atoms with Crippen LogP contribution in [0.25, 0.3) is 122 Å². The third-order valence-electron chi connectivity index (χ3n) is 12.9. The van der Waals surface area contributed by atoms with Gasteiger partial charge in [0, 0.05) is 43.6 Å². The Labute approximate surface area is 369 Å². The van der Waals surface area contributed by atoms with Crippen LogP contribution < -0.4 is 0 Å². The van der Waals surface area contributed by atoms with E-state index in [1.165, 1.54) is 60.3 Å². The zero-order valence-electron chi connectivity index (χ0n) is 34.7. The van der Waals surface area contributed by atoms with E-state index in [1.807, 2.05) is 0 Å². The third kappa shape index (κ3) is 5.70. The fraction of sp³-hybridized carbons (Fsp3) is 0. The number of aromatic nitrogens is 4. The highest BCUT2D eigenvalue weighted by atomic mass is 15.2. The van der Waals surface area contributed by atoms with Crippen LogP contribution in [0.5, 0.6) is 0 Å². The molecule has 0 atom stereocenters. The minimum atomic E-state index is 0.640. The summed E-state index contributed by atoms with van der Waals surface area (Å²) in [5.41, 5.74) is 15.4. The van der Waals surface area contributed by atoms with Gasteiger partial charge in [0.1, 0.15) is 0 Å². The second-order valence-electron chi connectivity index (χ2n) is 16.6. The van der Waals surface area contributed by atoms with Gasteiger partial charge in [-0.05, 0) is 87.3 Å². The van der Waals surface area contributed by atoms with Crippen molar-refractivity contribution < 1.29 is 0 Å². The largest absolute Gasteiger partial charge is 0.309 e. The van der Waals surface area contributed by atoms with Crippen molar-refractivity contribution >= 4 is 65.3 Å². The molecule has 0 aliphatic heterocycles. The Balaban J connectivity index is 1.12. The number of fused-ring (bicyclic) bond motifs is 10. The number of hydrogen-bond acceptors (Lipinski definition) is 2. The van der Waals surface area contributed by atoms with Gasteiger partial charge in [-0.2, -0.15) is 0 Å². The molecule has 64 heavy (non-hydrogen) atoms. The second kappa shape index (κ2) is 14.5. The summed E-state index contributed by atoms with van der Waals surface area (Å²) in [4.78, 5) is 10.9. The van der Waals surface area contributed by atoms with E-state index in [2.05, 4.69) is 240 Å². The standard InChI is InChI=1S/C60H38N4/c1-4-17-39(18-5-1)43-24-16-25-44(35-43)58-49-27-12-14-29-52(49)61-60(62-58)64-53-30-15-13-28-50(53)56-55(64)34-33-54-57(56)51-32-31-42-23-10-11-26-48(42)59(51)63(54)47-37-45(40-19-6-2-7-20-40)36-46(38-47)41-21-8-3-9-22-41/h1-38H. The average Bonchev–Trinajstić information content (AvgIpc) is 3.90. The van der Waals surface area contributed by atoms with Gasteiger partial charge in [0.15, 0.2) is 0 Å². The first-order valence-electron chi connectivity index (χ1n) is 21.8. The van der Waals surface area contributed by atoms with E-state index in [-0.39, 0.29) is 0 Å². The first kappa shape index (κ1) is 36.1. The molecule has 13 rings (SSSR count). The molecular weight excluding hydrogens is 777 g/mol. The lowest BCUT2D eigenvalue weighted by atomic mass is 9.98. The van der Waals surface area contributed by atoms with Crippen molar-refractivity contribution in [2.75, 3.05) is 0 Å². The van der Waals surface area contributed by atoms with E-state index in [1.54, 1.807) is 0 Å². The Hall–Kier alpha value is -8.60. The quantitative estimate of drug-likeness (QED) is 0.168. The van der Waals surface area contributed by atoms with Crippen molar-refractivity contribution in [2.24, 2.45) is 0 Å². The van der Waals surface area contributed by atoms with E-state index in [0.717, 1.165) is 55.3 Å². The van der Waals surface area contributed by atoms with Gasteiger partial charge >= 0.3 is 0 Å². The molecular formula is C60H38N4. The highest BCUT2D eigenvalue weighted by molar-refractivity contribution is 6.31. The molecule has 0 bridgehead atoms. The molecule has 0 aliphatic rings. The van der Waals surface area contributed by atoms with Crippen molar-refractivity contribution in [1.82, 2.24) is 19.1 Å². The summed E-state index contributed by atoms with van der Waals surface area (Å²) in [5.74, 6) is 0.640. The van der Waals surface area contributed by atoms with Gasteiger partial charge in [0.05, 0.1) is 33.3 Å². The molecule has 298 valence electrons.